The highest BCUT2D eigenvalue weighted by Crippen LogP contribution is 2.24. The maximum Gasteiger partial charge on any atom is 0.248 e. The molecular formula is C13H17N3O2S. The summed E-state index contributed by atoms with van der Waals surface area (Å²) in [5.41, 5.74) is 11.8. The summed E-state index contributed by atoms with van der Waals surface area (Å²) in [5.74, 6) is 1.83. The van der Waals surface area contributed by atoms with E-state index in [1.165, 1.54) is 18.2 Å². The SMILES string of the molecule is NC(=O)c1cc(NCC2CCSC2)cc(C(N)=O)c1. The summed E-state index contributed by atoms with van der Waals surface area (Å²) < 4.78 is 0. The van der Waals surface area contributed by atoms with Gasteiger partial charge in [-0.25, -0.2) is 0 Å². The number of nitrogens with two attached hydrogens (primary N) is 2. The number of carbonyl (C=O) groups is 2. The molecule has 1 aromatic carbocycles. The van der Waals surface area contributed by atoms with Crippen LogP contribution in [-0.2, 0) is 0 Å². The molecule has 6 heteroatoms. The molecule has 102 valence electrons. The Morgan fingerprint density at radius 3 is 2.32 bits per heavy atom. The molecule has 2 amide bonds. The lowest BCUT2D eigenvalue weighted by Gasteiger charge is -2.12. The van der Waals surface area contributed by atoms with Crippen molar-refractivity contribution in [3.05, 3.63) is 29.3 Å². The van der Waals surface area contributed by atoms with Crippen LogP contribution in [0.1, 0.15) is 27.1 Å². The molecular weight excluding hydrogens is 262 g/mol. The molecule has 0 spiro atoms. The van der Waals surface area contributed by atoms with Gasteiger partial charge in [0.25, 0.3) is 0 Å². The van der Waals surface area contributed by atoms with Crippen LogP contribution in [0.2, 0.25) is 0 Å². The number of benzene rings is 1. The fourth-order valence-corrected chi connectivity index (χ4v) is 3.31. The van der Waals surface area contributed by atoms with Gasteiger partial charge in [0.1, 0.15) is 0 Å². The van der Waals surface area contributed by atoms with Gasteiger partial charge in [0.15, 0.2) is 0 Å². The highest BCUT2D eigenvalue weighted by molar-refractivity contribution is 7.99. The molecule has 1 saturated heterocycles. The van der Waals surface area contributed by atoms with Crippen molar-refractivity contribution >= 4 is 29.3 Å². The number of rotatable bonds is 5. The number of thioether (sulfide) groups is 1. The average molecular weight is 279 g/mol. The van der Waals surface area contributed by atoms with E-state index in [4.69, 9.17) is 11.5 Å². The van der Waals surface area contributed by atoms with Gasteiger partial charge in [-0.1, -0.05) is 0 Å². The summed E-state index contributed by atoms with van der Waals surface area (Å²) in [6, 6.07) is 4.72. The first kappa shape index (κ1) is 13.7. The molecule has 0 saturated carbocycles. The van der Waals surface area contributed by atoms with Crippen molar-refractivity contribution in [2.24, 2.45) is 17.4 Å². The Morgan fingerprint density at radius 1 is 1.21 bits per heavy atom. The van der Waals surface area contributed by atoms with Gasteiger partial charge in [0.2, 0.25) is 11.8 Å². The van der Waals surface area contributed by atoms with Gasteiger partial charge in [-0.15, -0.1) is 0 Å². The third-order valence-electron chi connectivity index (χ3n) is 3.12. The monoisotopic (exact) mass is 279 g/mol. The Hall–Kier alpha value is -1.69. The van der Waals surface area contributed by atoms with Gasteiger partial charge in [0, 0.05) is 23.4 Å². The minimum absolute atomic E-state index is 0.291. The largest absolute Gasteiger partial charge is 0.385 e. The van der Waals surface area contributed by atoms with Crippen molar-refractivity contribution in [3.63, 3.8) is 0 Å². The van der Waals surface area contributed by atoms with E-state index in [2.05, 4.69) is 5.32 Å². The number of carbonyl (C=O) groups excluding carboxylic acids is 2. The van der Waals surface area contributed by atoms with Crippen molar-refractivity contribution in [1.29, 1.82) is 0 Å². The van der Waals surface area contributed by atoms with Gasteiger partial charge in [0.05, 0.1) is 0 Å². The van der Waals surface area contributed by atoms with Crippen LogP contribution in [0.4, 0.5) is 5.69 Å². The van der Waals surface area contributed by atoms with E-state index in [0.29, 0.717) is 22.7 Å². The zero-order chi connectivity index (χ0) is 13.8. The third kappa shape index (κ3) is 3.64. The van der Waals surface area contributed by atoms with E-state index in [1.54, 1.807) is 12.1 Å². The fraction of sp³-hybridized carbons (Fsp3) is 0.385. The average Bonchev–Trinajstić information content (AvgIpc) is 2.89. The zero-order valence-corrected chi connectivity index (χ0v) is 11.3. The Bertz CT molecular complexity index is 466. The Morgan fingerprint density at radius 2 is 1.84 bits per heavy atom. The molecule has 1 aromatic rings. The first-order chi connectivity index (χ1) is 9.06. The quantitative estimate of drug-likeness (QED) is 0.750. The second kappa shape index (κ2) is 5.97. The fourth-order valence-electron chi connectivity index (χ4n) is 2.02. The van der Waals surface area contributed by atoms with Gasteiger partial charge in [-0.2, -0.15) is 11.8 Å². The summed E-state index contributed by atoms with van der Waals surface area (Å²) >= 11 is 1.95. The molecule has 5 nitrogen and oxygen atoms in total. The maximum absolute atomic E-state index is 11.2. The molecule has 1 aliphatic heterocycles. The molecule has 5 N–H and O–H groups in total. The number of nitrogens with one attached hydrogen (secondary N) is 1. The van der Waals surface area contributed by atoms with Crippen LogP contribution in [0.3, 0.4) is 0 Å². The number of primary amides is 2. The number of hydrogen-bond acceptors (Lipinski definition) is 4. The van der Waals surface area contributed by atoms with Gasteiger partial charge in [-0.3, -0.25) is 9.59 Å². The van der Waals surface area contributed by atoms with Gasteiger partial charge >= 0.3 is 0 Å². The predicted octanol–water partition coefficient (Wildman–Crippen LogP) is 1.05. The second-order valence-electron chi connectivity index (χ2n) is 4.64. The van der Waals surface area contributed by atoms with Crippen molar-refractivity contribution in [2.75, 3.05) is 23.4 Å². The number of amides is 2. The van der Waals surface area contributed by atoms with E-state index in [0.717, 1.165) is 12.3 Å². The summed E-state index contributed by atoms with van der Waals surface area (Å²) in [5, 5.41) is 3.25. The third-order valence-corrected chi connectivity index (χ3v) is 4.35. The Labute approximate surface area is 116 Å². The minimum atomic E-state index is -0.567. The lowest BCUT2D eigenvalue weighted by molar-refractivity contribution is 0.0999. The van der Waals surface area contributed by atoms with Crippen LogP contribution in [0.5, 0.6) is 0 Å². The smallest absolute Gasteiger partial charge is 0.248 e. The van der Waals surface area contributed by atoms with Crippen molar-refractivity contribution in [2.45, 2.75) is 6.42 Å². The van der Waals surface area contributed by atoms with E-state index >= 15 is 0 Å². The van der Waals surface area contributed by atoms with Crippen LogP contribution in [0, 0.1) is 5.92 Å². The first-order valence-corrected chi connectivity index (χ1v) is 7.28. The van der Waals surface area contributed by atoms with E-state index in [-0.39, 0.29) is 0 Å². The van der Waals surface area contributed by atoms with Crippen LogP contribution >= 0.6 is 11.8 Å². The van der Waals surface area contributed by atoms with E-state index in [9.17, 15) is 9.59 Å². The molecule has 1 heterocycles. The highest BCUT2D eigenvalue weighted by atomic mass is 32.2. The standard InChI is InChI=1S/C13H17N3O2S/c14-12(17)9-3-10(13(15)18)5-11(4-9)16-6-8-1-2-19-7-8/h3-5,8,16H,1-2,6-7H2,(H2,14,17)(H2,15,18). The molecule has 19 heavy (non-hydrogen) atoms. The summed E-state index contributed by atoms with van der Waals surface area (Å²) in [4.78, 5) is 22.5. The molecule has 0 aliphatic carbocycles. The van der Waals surface area contributed by atoms with Crippen LogP contribution < -0.4 is 16.8 Å². The zero-order valence-electron chi connectivity index (χ0n) is 10.5. The van der Waals surface area contributed by atoms with Crippen LogP contribution in [0.15, 0.2) is 18.2 Å². The first-order valence-electron chi connectivity index (χ1n) is 6.12. The Balaban J connectivity index is 2.13. The van der Waals surface area contributed by atoms with Crippen LogP contribution in [-0.4, -0.2) is 29.9 Å². The molecule has 1 unspecified atom stereocenters. The molecule has 1 fully saturated rings. The van der Waals surface area contributed by atoms with Crippen molar-refractivity contribution in [3.8, 4) is 0 Å². The minimum Gasteiger partial charge on any atom is -0.385 e. The molecule has 1 atom stereocenters. The number of anilines is 1. The van der Waals surface area contributed by atoms with Gasteiger partial charge in [-0.05, 0) is 42.0 Å². The molecule has 0 bridgehead atoms. The normalized spacial score (nSPS) is 18.2. The summed E-state index contributed by atoms with van der Waals surface area (Å²) in [6.45, 7) is 0.827. The predicted molar refractivity (Wildman–Crippen MR) is 77.4 cm³/mol. The highest BCUT2D eigenvalue weighted by Gasteiger charge is 2.15. The number of hydrogen-bond donors (Lipinski definition) is 3. The molecule has 2 rings (SSSR count). The molecule has 0 aromatic heterocycles. The second-order valence-corrected chi connectivity index (χ2v) is 5.79. The lowest BCUT2D eigenvalue weighted by atomic mass is 10.1. The van der Waals surface area contributed by atoms with Crippen molar-refractivity contribution < 1.29 is 9.59 Å². The van der Waals surface area contributed by atoms with Crippen LogP contribution in [0.25, 0.3) is 0 Å². The molecule has 0 radical (unpaired) electrons. The van der Waals surface area contributed by atoms with E-state index < -0.39 is 11.8 Å². The van der Waals surface area contributed by atoms with Crippen molar-refractivity contribution in [1.82, 2.24) is 0 Å². The Kier molecular flexibility index (Phi) is 4.31. The summed E-state index contributed by atoms with van der Waals surface area (Å²) in [7, 11) is 0. The van der Waals surface area contributed by atoms with E-state index in [1.807, 2.05) is 11.8 Å². The summed E-state index contributed by atoms with van der Waals surface area (Å²) in [6.07, 6.45) is 1.19. The lowest BCUT2D eigenvalue weighted by Crippen LogP contribution is -2.18. The molecule has 1 aliphatic rings. The topological polar surface area (TPSA) is 98.2 Å². The maximum atomic E-state index is 11.2. The van der Waals surface area contributed by atoms with Gasteiger partial charge < -0.3 is 16.8 Å².